The monoisotopic (exact) mass is 491 g/mol. The summed E-state index contributed by atoms with van der Waals surface area (Å²) in [6, 6.07) is 15.2. The van der Waals surface area contributed by atoms with Gasteiger partial charge in [0.2, 0.25) is 11.9 Å². The molecule has 9 nitrogen and oxygen atoms in total. The fraction of sp³-hybridized carbons (Fsp3) is 0.240. The number of nitrogens with zero attached hydrogens (tertiary/aromatic N) is 3. The Hall–Kier alpha value is -4.05. The maximum Gasteiger partial charge on any atom is 0.306 e. The lowest BCUT2D eigenvalue weighted by molar-refractivity contribution is -0.144. The number of carbonyl (C=O) groups is 2. The number of carbonyl (C=O) groups excluding carboxylic acids is 2. The van der Waals surface area contributed by atoms with Crippen LogP contribution >= 0.6 is 11.3 Å². The second-order valence-corrected chi connectivity index (χ2v) is 8.72. The Kier molecular flexibility index (Phi) is 7.51. The van der Waals surface area contributed by atoms with Crippen molar-refractivity contribution in [1.29, 1.82) is 0 Å². The maximum absolute atomic E-state index is 13.0. The maximum atomic E-state index is 13.0. The zero-order chi connectivity index (χ0) is 24.8. The van der Waals surface area contributed by atoms with Gasteiger partial charge in [-0.05, 0) is 30.9 Å². The van der Waals surface area contributed by atoms with Gasteiger partial charge >= 0.3 is 5.97 Å². The van der Waals surface area contributed by atoms with Crippen LogP contribution in [0.2, 0.25) is 0 Å². The molecule has 0 aliphatic carbocycles. The standard InChI is InChI=1S/C25H25N5O4S/c1-3-34-23(32)12-11-22(31)27-21-15-19(20-10-7-13-35-20)29-30(21)25-26-16(2)18(24(33)28-25)14-17-8-5-4-6-9-17/h4-10,13,15H,3,11-12,14H2,1-2H3,(H,27,31)(H,26,28,33). The summed E-state index contributed by atoms with van der Waals surface area (Å²) in [5.41, 5.74) is 2.48. The van der Waals surface area contributed by atoms with E-state index in [0.29, 0.717) is 29.2 Å². The van der Waals surface area contributed by atoms with E-state index in [9.17, 15) is 14.4 Å². The van der Waals surface area contributed by atoms with Crippen molar-refractivity contribution in [2.24, 2.45) is 0 Å². The highest BCUT2D eigenvalue weighted by atomic mass is 32.1. The molecule has 0 fully saturated rings. The Bertz CT molecular complexity index is 1380. The molecule has 1 amide bonds. The van der Waals surface area contributed by atoms with Crippen LogP contribution in [-0.4, -0.2) is 38.2 Å². The summed E-state index contributed by atoms with van der Waals surface area (Å²) in [4.78, 5) is 45.4. The lowest BCUT2D eigenvalue weighted by Gasteiger charge is -2.10. The second kappa shape index (κ2) is 10.9. The number of aromatic nitrogens is 4. The van der Waals surface area contributed by atoms with Crippen molar-refractivity contribution < 1.29 is 14.3 Å². The lowest BCUT2D eigenvalue weighted by Crippen LogP contribution is -2.22. The van der Waals surface area contributed by atoms with Gasteiger partial charge in [-0.2, -0.15) is 9.78 Å². The van der Waals surface area contributed by atoms with E-state index in [1.54, 1.807) is 19.9 Å². The number of esters is 1. The molecule has 1 aromatic carbocycles. The summed E-state index contributed by atoms with van der Waals surface area (Å²) in [6.07, 6.45) is 0.373. The molecule has 10 heteroatoms. The third-order valence-electron chi connectivity index (χ3n) is 5.25. The summed E-state index contributed by atoms with van der Waals surface area (Å²) in [5.74, 6) is -0.295. The first-order valence-corrected chi connectivity index (χ1v) is 12.1. The van der Waals surface area contributed by atoms with Crippen LogP contribution in [0.25, 0.3) is 16.5 Å². The van der Waals surface area contributed by atoms with Crippen molar-refractivity contribution in [3.63, 3.8) is 0 Å². The minimum atomic E-state index is -0.439. The minimum Gasteiger partial charge on any atom is -0.466 e. The number of aryl methyl sites for hydroxylation is 1. The van der Waals surface area contributed by atoms with Crippen molar-refractivity contribution in [1.82, 2.24) is 19.7 Å². The molecule has 0 radical (unpaired) electrons. The highest BCUT2D eigenvalue weighted by Gasteiger charge is 2.18. The summed E-state index contributed by atoms with van der Waals surface area (Å²) in [6.45, 7) is 3.75. The first kappa shape index (κ1) is 24.1. The number of rotatable bonds is 9. The lowest BCUT2D eigenvalue weighted by atomic mass is 10.1. The van der Waals surface area contributed by atoms with Crippen molar-refractivity contribution in [3.05, 3.63) is 81.1 Å². The van der Waals surface area contributed by atoms with Gasteiger partial charge in [-0.25, -0.2) is 4.98 Å². The van der Waals surface area contributed by atoms with Crippen molar-refractivity contribution in [2.75, 3.05) is 11.9 Å². The fourth-order valence-electron chi connectivity index (χ4n) is 3.53. The molecule has 0 unspecified atom stereocenters. The second-order valence-electron chi connectivity index (χ2n) is 7.77. The molecule has 4 rings (SSSR count). The molecule has 4 aromatic rings. The molecule has 0 aliphatic rings. The molecule has 2 N–H and O–H groups in total. The molecule has 0 saturated carbocycles. The van der Waals surface area contributed by atoms with Gasteiger partial charge in [-0.15, -0.1) is 11.3 Å². The first-order valence-electron chi connectivity index (χ1n) is 11.2. The topological polar surface area (TPSA) is 119 Å². The average Bonchev–Trinajstić information content (AvgIpc) is 3.51. The summed E-state index contributed by atoms with van der Waals surface area (Å²) in [5, 5.41) is 9.29. The average molecular weight is 492 g/mol. The molecule has 0 spiro atoms. The van der Waals surface area contributed by atoms with Gasteiger partial charge in [0.1, 0.15) is 11.5 Å². The van der Waals surface area contributed by atoms with Crippen LogP contribution < -0.4 is 10.9 Å². The van der Waals surface area contributed by atoms with E-state index in [0.717, 1.165) is 10.4 Å². The predicted octanol–water partition coefficient (Wildman–Crippen LogP) is 3.87. The van der Waals surface area contributed by atoms with Crippen LogP contribution in [0, 0.1) is 6.92 Å². The highest BCUT2D eigenvalue weighted by Crippen LogP contribution is 2.27. The van der Waals surface area contributed by atoms with Crippen LogP contribution in [0.15, 0.2) is 58.7 Å². The number of ether oxygens (including phenoxy) is 1. The van der Waals surface area contributed by atoms with E-state index in [4.69, 9.17) is 4.74 Å². The summed E-state index contributed by atoms with van der Waals surface area (Å²) < 4.78 is 6.28. The van der Waals surface area contributed by atoms with Crippen LogP contribution in [-0.2, 0) is 20.7 Å². The number of benzene rings is 1. The molecule has 3 aromatic heterocycles. The third-order valence-corrected chi connectivity index (χ3v) is 6.14. The van der Waals surface area contributed by atoms with Crippen LogP contribution in [0.5, 0.6) is 0 Å². The normalized spacial score (nSPS) is 10.8. The number of aromatic amines is 1. The molecule has 180 valence electrons. The van der Waals surface area contributed by atoms with E-state index >= 15 is 0 Å². The van der Waals surface area contributed by atoms with Gasteiger partial charge < -0.3 is 10.1 Å². The number of H-pyrrole nitrogens is 1. The van der Waals surface area contributed by atoms with Crippen LogP contribution in [0.4, 0.5) is 5.82 Å². The zero-order valence-electron chi connectivity index (χ0n) is 19.4. The van der Waals surface area contributed by atoms with Gasteiger partial charge in [0.05, 0.1) is 23.6 Å². The minimum absolute atomic E-state index is 0.0338. The van der Waals surface area contributed by atoms with E-state index in [1.807, 2.05) is 47.8 Å². The summed E-state index contributed by atoms with van der Waals surface area (Å²) in [7, 11) is 0. The molecule has 3 heterocycles. The first-order chi connectivity index (χ1) is 16.9. The van der Waals surface area contributed by atoms with Crippen molar-refractivity contribution in [2.45, 2.75) is 33.1 Å². The number of hydrogen-bond donors (Lipinski definition) is 2. The number of nitrogens with one attached hydrogen (secondary N) is 2. The Morgan fingerprint density at radius 1 is 1.14 bits per heavy atom. The number of thiophene rings is 1. The predicted molar refractivity (Wildman–Crippen MR) is 134 cm³/mol. The SMILES string of the molecule is CCOC(=O)CCC(=O)Nc1cc(-c2cccs2)nn1-c1nc(C)c(Cc2ccccc2)c(=O)[nH]1. The van der Waals surface area contributed by atoms with Crippen molar-refractivity contribution >= 4 is 29.0 Å². The highest BCUT2D eigenvalue weighted by molar-refractivity contribution is 7.13. The Balaban J connectivity index is 1.64. The Morgan fingerprint density at radius 3 is 2.63 bits per heavy atom. The molecule has 0 atom stereocenters. The Labute approximate surface area is 205 Å². The third kappa shape index (κ3) is 5.90. The largest absolute Gasteiger partial charge is 0.466 e. The van der Waals surface area contributed by atoms with E-state index in [2.05, 4.69) is 20.4 Å². The van der Waals surface area contributed by atoms with E-state index < -0.39 is 5.97 Å². The molecule has 35 heavy (non-hydrogen) atoms. The van der Waals surface area contributed by atoms with Crippen molar-refractivity contribution in [3.8, 4) is 16.5 Å². The molecular formula is C25H25N5O4S. The number of hydrogen-bond acceptors (Lipinski definition) is 7. The van der Waals surface area contributed by atoms with E-state index in [-0.39, 0.29) is 36.9 Å². The molecule has 0 aliphatic heterocycles. The van der Waals surface area contributed by atoms with Gasteiger partial charge in [0, 0.05) is 24.5 Å². The quantitative estimate of drug-likeness (QED) is 0.343. The molecular weight excluding hydrogens is 466 g/mol. The van der Waals surface area contributed by atoms with Gasteiger partial charge in [-0.1, -0.05) is 36.4 Å². The zero-order valence-corrected chi connectivity index (χ0v) is 20.2. The number of amides is 1. The van der Waals surface area contributed by atoms with Gasteiger partial charge in [-0.3, -0.25) is 19.4 Å². The van der Waals surface area contributed by atoms with Crippen LogP contribution in [0.1, 0.15) is 36.6 Å². The molecule has 0 bridgehead atoms. The fourth-order valence-corrected chi connectivity index (χ4v) is 4.22. The van der Waals surface area contributed by atoms with Crippen LogP contribution in [0.3, 0.4) is 0 Å². The Morgan fingerprint density at radius 2 is 1.94 bits per heavy atom. The van der Waals surface area contributed by atoms with Gasteiger partial charge in [0.25, 0.3) is 5.56 Å². The van der Waals surface area contributed by atoms with Gasteiger partial charge in [0.15, 0.2) is 0 Å². The number of anilines is 1. The summed E-state index contributed by atoms with van der Waals surface area (Å²) >= 11 is 1.50. The van der Waals surface area contributed by atoms with E-state index in [1.165, 1.54) is 16.0 Å². The smallest absolute Gasteiger partial charge is 0.306 e. The molecule has 0 saturated heterocycles.